The van der Waals surface area contributed by atoms with Crippen molar-refractivity contribution in [3.63, 3.8) is 0 Å². The summed E-state index contributed by atoms with van der Waals surface area (Å²) in [6, 6.07) is 18.0. The van der Waals surface area contributed by atoms with Crippen molar-refractivity contribution in [2.45, 2.75) is 26.7 Å². The number of benzene rings is 2. The first-order chi connectivity index (χ1) is 10.1. The van der Waals surface area contributed by atoms with Crippen LogP contribution in [0.15, 0.2) is 60.2 Å². The second-order valence-corrected chi connectivity index (χ2v) is 5.32. The van der Waals surface area contributed by atoms with Crippen LogP contribution in [0.2, 0.25) is 0 Å². The minimum atomic E-state index is -0.859. The summed E-state index contributed by atoms with van der Waals surface area (Å²) in [5.74, 6) is -0.859. The van der Waals surface area contributed by atoms with Crippen LogP contribution < -0.4 is 0 Å². The van der Waals surface area contributed by atoms with E-state index in [0.29, 0.717) is 5.57 Å². The number of aryl methyl sites for hydroxylation is 2. The maximum atomic E-state index is 11.5. The van der Waals surface area contributed by atoms with Gasteiger partial charge in [0, 0.05) is 0 Å². The summed E-state index contributed by atoms with van der Waals surface area (Å²) in [4.78, 5) is 11.5. The van der Waals surface area contributed by atoms with E-state index in [1.165, 1.54) is 5.56 Å². The molecule has 0 aliphatic rings. The first-order valence-electron chi connectivity index (χ1n) is 7.12. The van der Waals surface area contributed by atoms with Gasteiger partial charge in [-0.1, -0.05) is 60.2 Å². The first-order valence-corrected chi connectivity index (χ1v) is 7.12. The van der Waals surface area contributed by atoms with Gasteiger partial charge in [0.2, 0.25) is 0 Å². The molecule has 0 aromatic heterocycles. The Bertz CT molecular complexity index is 650. The number of carbonyl (C=O) groups is 1. The predicted octanol–water partition coefficient (Wildman–Crippen LogP) is 4.35. The predicted molar refractivity (Wildman–Crippen MR) is 86.2 cm³/mol. The Balaban J connectivity index is 2.29. The average Bonchev–Trinajstić information content (AvgIpc) is 2.47. The number of rotatable bonds is 5. The lowest BCUT2D eigenvalue weighted by Gasteiger charge is -2.12. The van der Waals surface area contributed by atoms with Crippen LogP contribution in [-0.4, -0.2) is 11.1 Å². The van der Waals surface area contributed by atoms with Crippen LogP contribution in [0, 0.1) is 0 Å². The zero-order valence-corrected chi connectivity index (χ0v) is 12.5. The van der Waals surface area contributed by atoms with Crippen molar-refractivity contribution in [2.75, 3.05) is 0 Å². The number of carboxylic acid groups (broad SMARTS) is 1. The molecule has 0 atom stereocenters. The van der Waals surface area contributed by atoms with Gasteiger partial charge in [0.25, 0.3) is 0 Å². The molecule has 1 N–H and O–H groups in total. The molecule has 2 nitrogen and oxygen atoms in total. The van der Waals surface area contributed by atoms with Gasteiger partial charge in [-0.3, -0.25) is 0 Å². The van der Waals surface area contributed by atoms with Gasteiger partial charge < -0.3 is 5.11 Å². The van der Waals surface area contributed by atoms with Crippen molar-refractivity contribution in [3.05, 3.63) is 76.9 Å². The van der Waals surface area contributed by atoms with Gasteiger partial charge in [-0.25, -0.2) is 4.79 Å². The third-order valence-corrected chi connectivity index (χ3v) is 3.53. The molecule has 0 saturated carbocycles. The molecule has 0 heterocycles. The van der Waals surface area contributed by atoms with Crippen LogP contribution >= 0.6 is 0 Å². The van der Waals surface area contributed by atoms with E-state index in [4.69, 9.17) is 0 Å². The maximum absolute atomic E-state index is 11.5. The van der Waals surface area contributed by atoms with Gasteiger partial charge in [-0.2, -0.15) is 0 Å². The molecule has 0 aliphatic heterocycles. The summed E-state index contributed by atoms with van der Waals surface area (Å²) < 4.78 is 0. The summed E-state index contributed by atoms with van der Waals surface area (Å²) in [5, 5.41) is 9.45. The quantitative estimate of drug-likeness (QED) is 0.827. The van der Waals surface area contributed by atoms with Crippen molar-refractivity contribution >= 4 is 11.5 Å². The Hall–Kier alpha value is -2.35. The fourth-order valence-corrected chi connectivity index (χ4v) is 2.50. The van der Waals surface area contributed by atoms with Crippen LogP contribution in [0.1, 0.15) is 30.5 Å². The SMILES string of the molecule is CC(C)=C(C(=O)O)c1ccccc1CCc1ccccc1. The molecule has 2 aromatic rings. The molecule has 0 amide bonds. The minimum Gasteiger partial charge on any atom is -0.478 e. The normalized spacial score (nSPS) is 10.2. The van der Waals surface area contributed by atoms with Crippen molar-refractivity contribution < 1.29 is 9.90 Å². The van der Waals surface area contributed by atoms with E-state index < -0.39 is 5.97 Å². The van der Waals surface area contributed by atoms with E-state index in [-0.39, 0.29) is 0 Å². The van der Waals surface area contributed by atoms with Gasteiger partial charge in [-0.05, 0) is 43.4 Å². The molecule has 0 unspecified atom stereocenters. The Morgan fingerprint density at radius 2 is 1.52 bits per heavy atom. The second kappa shape index (κ2) is 6.89. The highest BCUT2D eigenvalue weighted by Gasteiger charge is 2.15. The van der Waals surface area contributed by atoms with Crippen molar-refractivity contribution in [1.82, 2.24) is 0 Å². The summed E-state index contributed by atoms with van der Waals surface area (Å²) in [5.41, 5.74) is 4.43. The molecule has 0 aliphatic carbocycles. The van der Waals surface area contributed by atoms with Gasteiger partial charge in [-0.15, -0.1) is 0 Å². The zero-order chi connectivity index (χ0) is 15.2. The molecule has 0 fully saturated rings. The smallest absolute Gasteiger partial charge is 0.336 e. The molecule has 21 heavy (non-hydrogen) atoms. The Kier molecular flexibility index (Phi) is 4.94. The lowest BCUT2D eigenvalue weighted by molar-refractivity contribution is -0.130. The highest BCUT2D eigenvalue weighted by Crippen LogP contribution is 2.24. The number of carboxylic acids is 1. The molecule has 2 rings (SSSR count). The summed E-state index contributed by atoms with van der Waals surface area (Å²) >= 11 is 0. The maximum Gasteiger partial charge on any atom is 0.336 e. The van der Waals surface area contributed by atoms with Crippen molar-refractivity contribution in [3.8, 4) is 0 Å². The molecule has 2 aromatic carbocycles. The minimum absolute atomic E-state index is 0.415. The summed E-state index contributed by atoms with van der Waals surface area (Å²) in [6.07, 6.45) is 1.75. The van der Waals surface area contributed by atoms with E-state index in [9.17, 15) is 9.90 Å². The standard InChI is InChI=1S/C19H20O2/c1-14(2)18(19(20)21)17-11-7-6-10-16(17)13-12-15-8-4-3-5-9-15/h3-11H,12-13H2,1-2H3,(H,20,21). The van der Waals surface area contributed by atoms with E-state index in [1.54, 1.807) is 0 Å². The Morgan fingerprint density at radius 3 is 2.14 bits per heavy atom. The molecular weight excluding hydrogens is 260 g/mol. The number of aliphatic carboxylic acids is 1. The molecule has 0 saturated heterocycles. The molecule has 0 radical (unpaired) electrons. The van der Waals surface area contributed by atoms with Crippen LogP contribution in [0.5, 0.6) is 0 Å². The molecular formula is C19H20O2. The monoisotopic (exact) mass is 280 g/mol. The number of hydrogen-bond acceptors (Lipinski definition) is 1. The highest BCUT2D eigenvalue weighted by molar-refractivity contribution is 6.16. The van der Waals surface area contributed by atoms with Gasteiger partial charge in [0.1, 0.15) is 0 Å². The fourth-order valence-electron chi connectivity index (χ4n) is 2.50. The van der Waals surface area contributed by atoms with Gasteiger partial charge in [0.15, 0.2) is 0 Å². The van der Waals surface area contributed by atoms with E-state index in [0.717, 1.165) is 29.5 Å². The van der Waals surface area contributed by atoms with Crippen LogP contribution in [0.4, 0.5) is 0 Å². The van der Waals surface area contributed by atoms with Crippen LogP contribution in [-0.2, 0) is 17.6 Å². The van der Waals surface area contributed by atoms with Crippen LogP contribution in [0.25, 0.3) is 5.57 Å². The zero-order valence-electron chi connectivity index (χ0n) is 12.5. The lowest BCUT2D eigenvalue weighted by Crippen LogP contribution is -2.05. The van der Waals surface area contributed by atoms with Crippen molar-refractivity contribution in [2.24, 2.45) is 0 Å². The first kappa shape index (κ1) is 15.0. The van der Waals surface area contributed by atoms with E-state index in [2.05, 4.69) is 12.1 Å². The highest BCUT2D eigenvalue weighted by atomic mass is 16.4. The van der Waals surface area contributed by atoms with Crippen LogP contribution in [0.3, 0.4) is 0 Å². The topological polar surface area (TPSA) is 37.3 Å². The summed E-state index contributed by atoms with van der Waals surface area (Å²) in [6.45, 7) is 3.69. The number of allylic oxidation sites excluding steroid dienone is 1. The Morgan fingerprint density at radius 1 is 0.905 bits per heavy atom. The van der Waals surface area contributed by atoms with E-state index >= 15 is 0 Å². The molecule has 108 valence electrons. The summed E-state index contributed by atoms with van der Waals surface area (Å²) in [7, 11) is 0. The third-order valence-electron chi connectivity index (χ3n) is 3.53. The lowest BCUT2D eigenvalue weighted by atomic mass is 9.93. The molecule has 0 bridgehead atoms. The van der Waals surface area contributed by atoms with Gasteiger partial charge >= 0.3 is 5.97 Å². The Labute approximate surface area is 125 Å². The largest absolute Gasteiger partial charge is 0.478 e. The van der Waals surface area contributed by atoms with E-state index in [1.807, 2.05) is 56.3 Å². The molecule has 2 heteroatoms. The number of hydrogen-bond donors (Lipinski definition) is 1. The average molecular weight is 280 g/mol. The third kappa shape index (κ3) is 3.82. The fraction of sp³-hybridized carbons (Fsp3) is 0.211. The van der Waals surface area contributed by atoms with Gasteiger partial charge in [0.05, 0.1) is 5.57 Å². The molecule has 0 spiro atoms. The second-order valence-electron chi connectivity index (χ2n) is 5.32. The van der Waals surface area contributed by atoms with Crippen molar-refractivity contribution in [1.29, 1.82) is 0 Å².